The van der Waals surface area contributed by atoms with E-state index in [1.165, 1.54) is 34.8 Å². The lowest BCUT2D eigenvalue weighted by Gasteiger charge is -1.99. The summed E-state index contributed by atoms with van der Waals surface area (Å²) in [4.78, 5) is 20.1. The second kappa shape index (κ2) is 4.62. The molecule has 19 heavy (non-hydrogen) atoms. The highest BCUT2D eigenvalue weighted by molar-refractivity contribution is 7.98. The summed E-state index contributed by atoms with van der Waals surface area (Å²) in [7, 11) is 0. The van der Waals surface area contributed by atoms with Gasteiger partial charge in [0.2, 0.25) is 0 Å². The molecule has 0 aliphatic rings. The van der Waals surface area contributed by atoms with Crippen LogP contribution in [0, 0.1) is 11.3 Å². The van der Waals surface area contributed by atoms with E-state index < -0.39 is 0 Å². The van der Waals surface area contributed by atoms with Crippen molar-refractivity contribution in [3.8, 4) is 6.07 Å². The molecule has 3 aromatic rings. The number of hydrogen-bond acceptors (Lipinski definition) is 6. The summed E-state index contributed by atoms with van der Waals surface area (Å²) in [6.45, 7) is 0. The molecule has 0 aliphatic heterocycles. The molecule has 0 fully saturated rings. The first kappa shape index (κ1) is 11.6. The van der Waals surface area contributed by atoms with Crippen molar-refractivity contribution in [3.63, 3.8) is 0 Å². The van der Waals surface area contributed by atoms with Crippen LogP contribution >= 0.6 is 11.8 Å². The number of nitrogens with one attached hydrogen (secondary N) is 1. The lowest BCUT2D eigenvalue weighted by Crippen LogP contribution is -2.15. The predicted octanol–water partition coefficient (Wildman–Crippen LogP) is 1.17. The summed E-state index contributed by atoms with van der Waals surface area (Å²) >= 11 is 1.33. The Balaban J connectivity index is 1.96. The molecule has 1 N–H and O–H groups in total. The van der Waals surface area contributed by atoms with Crippen molar-refractivity contribution in [2.24, 2.45) is 0 Å². The summed E-state index contributed by atoms with van der Waals surface area (Å²) in [5, 5.41) is 12.1. The van der Waals surface area contributed by atoms with Gasteiger partial charge in [0.25, 0.3) is 10.8 Å². The Morgan fingerprint density at radius 1 is 1.58 bits per heavy atom. The number of H-pyrrole nitrogens is 1. The van der Waals surface area contributed by atoms with Gasteiger partial charge in [0.1, 0.15) is 17.9 Å². The Kier molecular flexibility index (Phi) is 2.81. The molecular formula is C11H7N5O2S. The van der Waals surface area contributed by atoms with Gasteiger partial charge in [-0.1, -0.05) is 11.8 Å². The maximum absolute atomic E-state index is 11.8. The number of fused-ring (bicyclic) bond motifs is 1. The van der Waals surface area contributed by atoms with Crippen LogP contribution in [0.3, 0.4) is 0 Å². The fourth-order valence-corrected chi connectivity index (χ4v) is 2.28. The Hall–Kier alpha value is -2.53. The molecule has 0 amide bonds. The standard InChI is InChI=1S/C11H7N5O2S/c12-4-7-5-14-16-9(17)3-8(15-10(7)16)6-19-11-13-1-2-18-11/h1-3,5,14H,6H2. The summed E-state index contributed by atoms with van der Waals surface area (Å²) in [5.74, 6) is 0.447. The maximum atomic E-state index is 11.8. The highest BCUT2D eigenvalue weighted by Gasteiger charge is 2.09. The van der Waals surface area contributed by atoms with Crippen LogP contribution < -0.4 is 5.56 Å². The molecule has 3 aromatic heterocycles. The van der Waals surface area contributed by atoms with Crippen molar-refractivity contribution < 1.29 is 4.42 Å². The minimum atomic E-state index is -0.255. The summed E-state index contributed by atoms with van der Waals surface area (Å²) < 4.78 is 6.32. The predicted molar refractivity (Wildman–Crippen MR) is 66.6 cm³/mol. The molecule has 0 saturated carbocycles. The second-order valence-corrected chi connectivity index (χ2v) is 4.56. The fraction of sp³-hybridized carbons (Fsp3) is 0.0909. The average molecular weight is 273 g/mol. The number of aromatic amines is 1. The normalized spacial score (nSPS) is 10.7. The van der Waals surface area contributed by atoms with Crippen LogP contribution in [0.2, 0.25) is 0 Å². The van der Waals surface area contributed by atoms with Crippen LogP contribution in [-0.2, 0) is 5.75 Å². The Morgan fingerprint density at radius 2 is 2.47 bits per heavy atom. The van der Waals surface area contributed by atoms with Crippen molar-refractivity contribution in [2.45, 2.75) is 11.0 Å². The van der Waals surface area contributed by atoms with Gasteiger partial charge in [0, 0.05) is 18.0 Å². The average Bonchev–Trinajstić information content (AvgIpc) is 3.05. The summed E-state index contributed by atoms with van der Waals surface area (Å²) in [6.07, 6.45) is 4.48. The zero-order valence-corrected chi connectivity index (χ0v) is 10.3. The third-order valence-corrected chi connectivity index (χ3v) is 3.31. The number of thioether (sulfide) groups is 1. The Bertz CT molecular complexity index is 812. The maximum Gasteiger partial charge on any atom is 0.272 e. The van der Waals surface area contributed by atoms with Crippen LogP contribution in [0.4, 0.5) is 0 Å². The number of hydrogen-bond donors (Lipinski definition) is 1. The van der Waals surface area contributed by atoms with Crippen molar-refractivity contribution in [2.75, 3.05) is 0 Å². The van der Waals surface area contributed by atoms with E-state index in [0.717, 1.165) is 0 Å². The molecule has 0 unspecified atom stereocenters. The number of nitrogens with zero attached hydrogens (tertiary/aromatic N) is 4. The second-order valence-electron chi connectivity index (χ2n) is 3.63. The minimum absolute atomic E-state index is 0.255. The molecule has 3 heterocycles. The van der Waals surface area contributed by atoms with Crippen molar-refractivity contribution in [1.82, 2.24) is 19.6 Å². The van der Waals surface area contributed by atoms with Gasteiger partial charge in [-0.25, -0.2) is 14.5 Å². The third-order valence-electron chi connectivity index (χ3n) is 2.42. The van der Waals surface area contributed by atoms with Crippen LogP contribution in [0.1, 0.15) is 11.3 Å². The van der Waals surface area contributed by atoms with Gasteiger partial charge in [-0.15, -0.1) is 0 Å². The molecule has 94 valence electrons. The first-order valence-corrected chi connectivity index (χ1v) is 6.29. The molecule has 0 atom stereocenters. The molecular weight excluding hydrogens is 266 g/mol. The van der Waals surface area contributed by atoms with Crippen molar-refractivity contribution >= 4 is 17.4 Å². The highest BCUT2D eigenvalue weighted by atomic mass is 32.2. The summed E-state index contributed by atoms with van der Waals surface area (Å²) in [6, 6.07) is 3.40. The van der Waals surface area contributed by atoms with Crippen LogP contribution in [0.25, 0.3) is 5.65 Å². The zero-order valence-electron chi connectivity index (χ0n) is 9.53. The van der Waals surface area contributed by atoms with E-state index in [1.54, 1.807) is 6.20 Å². The molecule has 0 spiro atoms. The molecule has 0 aliphatic carbocycles. The van der Waals surface area contributed by atoms with E-state index in [0.29, 0.717) is 27.9 Å². The number of nitriles is 1. The first-order valence-electron chi connectivity index (χ1n) is 5.30. The molecule has 7 nitrogen and oxygen atoms in total. The van der Waals surface area contributed by atoms with Crippen LogP contribution in [0.5, 0.6) is 0 Å². The Morgan fingerprint density at radius 3 is 3.21 bits per heavy atom. The molecule has 8 heteroatoms. The molecule has 0 saturated heterocycles. The molecule has 3 rings (SSSR count). The van der Waals surface area contributed by atoms with E-state index in [-0.39, 0.29) is 5.56 Å². The molecule has 0 radical (unpaired) electrons. The molecule has 0 aromatic carbocycles. The van der Waals surface area contributed by atoms with Gasteiger partial charge in [-0.3, -0.25) is 9.89 Å². The Labute approximate surface area is 110 Å². The van der Waals surface area contributed by atoms with E-state index in [9.17, 15) is 4.79 Å². The van der Waals surface area contributed by atoms with Gasteiger partial charge in [0.05, 0.1) is 11.9 Å². The van der Waals surface area contributed by atoms with Gasteiger partial charge in [-0.05, 0) is 0 Å². The largest absolute Gasteiger partial charge is 0.440 e. The molecule has 0 bridgehead atoms. The number of rotatable bonds is 3. The first-order chi connectivity index (χ1) is 9.28. The highest BCUT2D eigenvalue weighted by Crippen LogP contribution is 2.19. The van der Waals surface area contributed by atoms with Crippen molar-refractivity contribution in [1.29, 1.82) is 5.26 Å². The van der Waals surface area contributed by atoms with E-state index >= 15 is 0 Å². The van der Waals surface area contributed by atoms with Gasteiger partial charge in [0.15, 0.2) is 5.65 Å². The minimum Gasteiger partial charge on any atom is -0.440 e. The smallest absolute Gasteiger partial charge is 0.272 e. The quantitative estimate of drug-likeness (QED) is 0.719. The fourth-order valence-electron chi connectivity index (χ4n) is 1.60. The lowest BCUT2D eigenvalue weighted by molar-refractivity contribution is 0.454. The monoisotopic (exact) mass is 273 g/mol. The van der Waals surface area contributed by atoms with Crippen LogP contribution in [0.15, 0.2) is 39.2 Å². The van der Waals surface area contributed by atoms with Gasteiger partial charge in [-0.2, -0.15) is 5.26 Å². The van der Waals surface area contributed by atoms with Crippen molar-refractivity contribution in [3.05, 3.63) is 46.3 Å². The van der Waals surface area contributed by atoms with Gasteiger partial charge >= 0.3 is 0 Å². The van der Waals surface area contributed by atoms with E-state index in [4.69, 9.17) is 9.68 Å². The van der Waals surface area contributed by atoms with Gasteiger partial charge < -0.3 is 4.42 Å². The number of aromatic nitrogens is 4. The van der Waals surface area contributed by atoms with E-state index in [1.807, 2.05) is 6.07 Å². The topological polar surface area (TPSA) is 100.0 Å². The summed E-state index contributed by atoms with van der Waals surface area (Å²) in [5.41, 5.74) is 0.983. The van der Waals surface area contributed by atoms with Crippen LogP contribution in [-0.4, -0.2) is 19.6 Å². The lowest BCUT2D eigenvalue weighted by atomic mass is 10.3. The number of oxazole rings is 1. The third kappa shape index (κ3) is 2.11. The SMILES string of the molecule is N#Cc1c[nH]n2c(=O)cc(CSc3ncco3)nc12. The van der Waals surface area contributed by atoms with E-state index in [2.05, 4.69) is 15.1 Å². The zero-order chi connectivity index (χ0) is 13.2.